The van der Waals surface area contributed by atoms with Crippen molar-refractivity contribution in [3.05, 3.63) is 0 Å². The van der Waals surface area contributed by atoms with Crippen LogP contribution in [0.25, 0.3) is 0 Å². The standard InChI is InChI=1S/C12H26ClNO2S/c1-2-3-4-5-6-8-11-14-17(15,16)12-9-7-10-13/h14H,2-12H2,1H3. The van der Waals surface area contributed by atoms with Gasteiger partial charge in [-0.3, -0.25) is 0 Å². The molecular formula is C12H26ClNO2S. The van der Waals surface area contributed by atoms with Crippen molar-refractivity contribution in [2.24, 2.45) is 0 Å². The second-order valence-electron chi connectivity index (χ2n) is 4.38. The predicted molar refractivity (Wildman–Crippen MR) is 75.1 cm³/mol. The van der Waals surface area contributed by atoms with Gasteiger partial charge < -0.3 is 0 Å². The molecule has 104 valence electrons. The molecule has 0 aliphatic heterocycles. The molecule has 0 aliphatic carbocycles. The van der Waals surface area contributed by atoms with Gasteiger partial charge in [-0.05, 0) is 19.3 Å². The quantitative estimate of drug-likeness (QED) is 0.441. The van der Waals surface area contributed by atoms with E-state index in [1.807, 2.05) is 0 Å². The maximum atomic E-state index is 11.5. The largest absolute Gasteiger partial charge is 0.215 e. The van der Waals surface area contributed by atoms with Crippen molar-refractivity contribution in [3.63, 3.8) is 0 Å². The van der Waals surface area contributed by atoms with Crippen molar-refractivity contribution in [3.8, 4) is 0 Å². The molecule has 0 amide bonds. The molecule has 0 aromatic heterocycles. The molecule has 0 aromatic rings. The summed E-state index contributed by atoms with van der Waals surface area (Å²) in [5.41, 5.74) is 0. The predicted octanol–water partition coefficient (Wildman–Crippen LogP) is 3.29. The van der Waals surface area contributed by atoms with Crippen molar-refractivity contribution in [1.29, 1.82) is 0 Å². The fraction of sp³-hybridized carbons (Fsp3) is 1.00. The first kappa shape index (κ1) is 17.2. The van der Waals surface area contributed by atoms with Crippen molar-refractivity contribution in [2.45, 2.75) is 58.3 Å². The lowest BCUT2D eigenvalue weighted by Crippen LogP contribution is -2.27. The summed E-state index contributed by atoms with van der Waals surface area (Å²) in [5.74, 6) is 0.739. The van der Waals surface area contributed by atoms with Gasteiger partial charge in [-0.25, -0.2) is 13.1 Å². The summed E-state index contributed by atoms with van der Waals surface area (Å²) in [5, 5.41) is 0. The van der Waals surface area contributed by atoms with E-state index < -0.39 is 10.0 Å². The zero-order valence-electron chi connectivity index (χ0n) is 10.9. The number of rotatable bonds is 12. The van der Waals surface area contributed by atoms with E-state index in [9.17, 15) is 8.42 Å². The van der Waals surface area contributed by atoms with Crippen LogP contribution in [0.5, 0.6) is 0 Å². The number of alkyl halides is 1. The molecule has 0 radical (unpaired) electrons. The molecule has 0 fully saturated rings. The summed E-state index contributed by atoms with van der Waals surface area (Å²) in [4.78, 5) is 0. The summed E-state index contributed by atoms with van der Waals surface area (Å²) in [6.45, 7) is 2.77. The van der Waals surface area contributed by atoms with Gasteiger partial charge in [0.2, 0.25) is 10.0 Å². The van der Waals surface area contributed by atoms with Crippen LogP contribution in [0.15, 0.2) is 0 Å². The van der Waals surface area contributed by atoms with E-state index in [1.54, 1.807) is 0 Å². The Morgan fingerprint density at radius 1 is 0.941 bits per heavy atom. The third-order valence-electron chi connectivity index (χ3n) is 2.65. The second kappa shape index (κ2) is 11.3. The molecule has 0 saturated heterocycles. The molecular weight excluding hydrogens is 258 g/mol. The van der Waals surface area contributed by atoms with Crippen LogP contribution in [-0.2, 0) is 10.0 Å². The van der Waals surface area contributed by atoms with Gasteiger partial charge in [-0.2, -0.15) is 0 Å². The average molecular weight is 284 g/mol. The Morgan fingerprint density at radius 2 is 1.59 bits per heavy atom. The smallest absolute Gasteiger partial charge is 0.211 e. The van der Waals surface area contributed by atoms with E-state index in [2.05, 4.69) is 11.6 Å². The lowest BCUT2D eigenvalue weighted by molar-refractivity contribution is 0.565. The summed E-state index contributed by atoms with van der Waals surface area (Å²) in [7, 11) is -3.06. The molecule has 17 heavy (non-hydrogen) atoms. The highest BCUT2D eigenvalue weighted by molar-refractivity contribution is 7.89. The van der Waals surface area contributed by atoms with E-state index in [4.69, 9.17) is 11.6 Å². The van der Waals surface area contributed by atoms with Gasteiger partial charge in [-0.15, -0.1) is 11.6 Å². The van der Waals surface area contributed by atoms with Crippen LogP contribution in [0.2, 0.25) is 0 Å². The Kier molecular flexibility index (Phi) is 11.4. The minimum atomic E-state index is -3.06. The van der Waals surface area contributed by atoms with Crippen LogP contribution in [0.1, 0.15) is 58.3 Å². The third-order valence-corrected chi connectivity index (χ3v) is 4.39. The van der Waals surface area contributed by atoms with Crippen LogP contribution in [-0.4, -0.2) is 26.6 Å². The molecule has 0 saturated carbocycles. The van der Waals surface area contributed by atoms with Crippen molar-refractivity contribution >= 4 is 21.6 Å². The van der Waals surface area contributed by atoms with Gasteiger partial charge >= 0.3 is 0 Å². The Bertz CT molecular complexity index is 255. The molecule has 0 rings (SSSR count). The van der Waals surface area contributed by atoms with E-state index in [0.717, 1.165) is 19.3 Å². The summed E-state index contributed by atoms with van der Waals surface area (Å²) < 4.78 is 25.6. The van der Waals surface area contributed by atoms with Gasteiger partial charge in [0.25, 0.3) is 0 Å². The average Bonchev–Trinajstić information content (AvgIpc) is 2.28. The molecule has 0 heterocycles. The highest BCUT2D eigenvalue weighted by atomic mass is 35.5. The van der Waals surface area contributed by atoms with Crippen LogP contribution in [0.3, 0.4) is 0 Å². The highest BCUT2D eigenvalue weighted by Crippen LogP contribution is 2.04. The fourth-order valence-electron chi connectivity index (χ4n) is 1.59. The third kappa shape index (κ3) is 12.4. The topological polar surface area (TPSA) is 46.2 Å². The number of hydrogen-bond donors (Lipinski definition) is 1. The number of unbranched alkanes of at least 4 members (excludes halogenated alkanes) is 6. The molecule has 0 spiro atoms. The number of hydrogen-bond acceptors (Lipinski definition) is 2. The Labute approximate surface area is 111 Å². The van der Waals surface area contributed by atoms with E-state index in [0.29, 0.717) is 18.8 Å². The van der Waals surface area contributed by atoms with Crippen molar-refractivity contribution in [1.82, 2.24) is 4.72 Å². The fourth-order valence-corrected chi connectivity index (χ4v) is 2.96. The zero-order valence-corrected chi connectivity index (χ0v) is 12.5. The van der Waals surface area contributed by atoms with Crippen LogP contribution in [0, 0.1) is 0 Å². The van der Waals surface area contributed by atoms with E-state index in [-0.39, 0.29) is 5.75 Å². The van der Waals surface area contributed by atoms with E-state index >= 15 is 0 Å². The highest BCUT2D eigenvalue weighted by Gasteiger charge is 2.07. The number of halogens is 1. The van der Waals surface area contributed by atoms with Gasteiger partial charge in [0.1, 0.15) is 0 Å². The minimum Gasteiger partial charge on any atom is -0.215 e. The zero-order chi connectivity index (χ0) is 13.0. The first-order valence-electron chi connectivity index (χ1n) is 6.65. The SMILES string of the molecule is CCCCCCCCNS(=O)(=O)CCCCCl. The lowest BCUT2D eigenvalue weighted by Gasteiger charge is -2.06. The van der Waals surface area contributed by atoms with Gasteiger partial charge in [0.15, 0.2) is 0 Å². The van der Waals surface area contributed by atoms with Crippen LogP contribution >= 0.6 is 11.6 Å². The van der Waals surface area contributed by atoms with Crippen LogP contribution < -0.4 is 4.72 Å². The van der Waals surface area contributed by atoms with E-state index in [1.165, 1.54) is 25.7 Å². The summed E-state index contributed by atoms with van der Waals surface area (Å²) in [6.07, 6.45) is 8.47. The van der Waals surface area contributed by atoms with Gasteiger partial charge in [0.05, 0.1) is 5.75 Å². The van der Waals surface area contributed by atoms with Gasteiger partial charge in [0, 0.05) is 12.4 Å². The number of sulfonamides is 1. The maximum absolute atomic E-state index is 11.5. The molecule has 3 nitrogen and oxygen atoms in total. The molecule has 0 unspecified atom stereocenters. The second-order valence-corrected chi connectivity index (χ2v) is 6.68. The van der Waals surface area contributed by atoms with Crippen molar-refractivity contribution in [2.75, 3.05) is 18.2 Å². The van der Waals surface area contributed by atoms with Crippen molar-refractivity contribution < 1.29 is 8.42 Å². The first-order valence-corrected chi connectivity index (χ1v) is 8.84. The lowest BCUT2D eigenvalue weighted by atomic mass is 10.1. The monoisotopic (exact) mass is 283 g/mol. The van der Waals surface area contributed by atoms with Crippen LogP contribution in [0.4, 0.5) is 0 Å². The Morgan fingerprint density at radius 3 is 2.24 bits per heavy atom. The molecule has 0 atom stereocenters. The van der Waals surface area contributed by atoms with Gasteiger partial charge in [-0.1, -0.05) is 39.0 Å². The number of nitrogens with one attached hydrogen (secondary N) is 1. The molecule has 0 bridgehead atoms. The minimum absolute atomic E-state index is 0.204. The molecule has 5 heteroatoms. The first-order chi connectivity index (χ1) is 8.12. The normalized spacial score (nSPS) is 11.9. The summed E-state index contributed by atoms with van der Waals surface area (Å²) in [6, 6.07) is 0. The molecule has 0 aromatic carbocycles. The summed E-state index contributed by atoms with van der Waals surface area (Å²) >= 11 is 5.50. The molecule has 1 N–H and O–H groups in total. The maximum Gasteiger partial charge on any atom is 0.211 e. The Hall–Kier alpha value is 0.200. The Balaban J connectivity index is 3.39. The molecule has 0 aliphatic rings.